The van der Waals surface area contributed by atoms with Gasteiger partial charge in [0.2, 0.25) is 0 Å². The van der Waals surface area contributed by atoms with E-state index >= 15 is 0 Å². The van der Waals surface area contributed by atoms with Gasteiger partial charge in [0, 0.05) is 24.1 Å². The maximum atomic E-state index is 12.8. The van der Waals surface area contributed by atoms with E-state index in [1.807, 2.05) is 0 Å². The number of benzene rings is 1. The molecule has 1 amide bonds. The molecule has 0 atom stereocenters. The van der Waals surface area contributed by atoms with Crippen LogP contribution in [-0.4, -0.2) is 43.6 Å². The number of hydrogen-bond donors (Lipinski definition) is 0. The average Bonchev–Trinajstić information content (AvgIpc) is 2.91. The van der Waals surface area contributed by atoms with E-state index in [0.717, 1.165) is 24.8 Å². The number of methoxy groups -OCH3 is 1. The fourth-order valence-electron chi connectivity index (χ4n) is 3.32. The molecule has 5 nitrogen and oxygen atoms in total. The molecule has 24 heavy (non-hydrogen) atoms. The van der Waals surface area contributed by atoms with Crippen molar-refractivity contribution < 1.29 is 32.2 Å². The molecule has 1 aromatic carbocycles. The number of halogens is 3. The summed E-state index contributed by atoms with van der Waals surface area (Å²) >= 11 is 0. The number of amides is 1. The van der Waals surface area contributed by atoms with Crippen LogP contribution < -0.4 is 4.74 Å². The van der Waals surface area contributed by atoms with Crippen molar-refractivity contribution >= 4 is 11.9 Å². The van der Waals surface area contributed by atoms with Crippen molar-refractivity contribution in [1.82, 2.24) is 4.90 Å². The number of nitrogens with zero attached hydrogens (tertiary/aromatic N) is 1. The van der Waals surface area contributed by atoms with E-state index in [-0.39, 0.29) is 12.4 Å². The second-order valence-electron chi connectivity index (χ2n) is 6.06. The number of alkyl halides is 3. The smallest absolute Gasteiger partial charge is 0.416 e. The Morgan fingerprint density at radius 3 is 2.50 bits per heavy atom. The van der Waals surface area contributed by atoms with Crippen molar-refractivity contribution in [2.75, 3.05) is 26.8 Å². The fraction of sp³-hybridized carbons (Fsp3) is 0.500. The first-order chi connectivity index (χ1) is 11.3. The van der Waals surface area contributed by atoms with E-state index in [0.29, 0.717) is 25.9 Å². The predicted octanol–water partition coefficient (Wildman–Crippen LogP) is 2.13. The number of rotatable bonds is 0. The van der Waals surface area contributed by atoms with Crippen LogP contribution in [0.4, 0.5) is 13.2 Å². The standard InChI is InChI=1S/C16H16F3NO4/c1-23-14(22)13(21)20-6-4-15(5-7-20)9-24-12-8-10(16(17,18)19)2-3-11(12)15/h2-3,8H,4-7,9H2,1H3. The zero-order chi connectivity index (χ0) is 17.5. The Morgan fingerprint density at radius 1 is 1.25 bits per heavy atom. The first kappa shape index (κ1) is 16.6. The summed E-state index contributed by atoms with van der Waals surface area (Å²) in [6.45, 7) is 0.944. The van der Waals surface area contributed by atoms with E-state index in [1.165, 1.54) is 11.0 Å². The molecule has 0 unspecified atom stereocenters. The van der Waals surface area contributed by atoms with E-state index in [1.54, 1.807) is 0 Å². The van der Waals surface area contributed by atoms with Gasteiger partial charge in [0.25, 0.3) is 0 Å². The summed E-state index contributed by atoms with van der Waals surface area (Å²) in [6.07, 6.45) is -3.37. The molecule has 0 N–H and O–H groups in total. The summed E-state index contributed by atoms with van der Waals surface area (Å²) in [7, 11) is 1.14. The number of carbonyl (C=O) groups excluding carboxylic acids is 2. The van der Waals surface area contributed by atoms with Crippen LogP contribution in [-0.2, 0) is 25.9 Å². The van der Waals surface area contributed by atoms with E-state index in [4.69, 9.17) is 4.74 Å². The van der Waals surface area contributed by atoms with Gasteiger partial charge in [-0.3, -0.25) is 4.79 Å². The third-order valence-electron chi connectivity index (χ3n) is 4.75. The molecule has 2 heterocycles. The van der Waals surface area contributed by atoms with Crippen molar-refractivity contribution in [1.29, 1.82) is 0 Å². The lowest BCUT2D eigenvalue weighted by atomic mass is 9.74. The molecular formula is C16H16F3NO4. The first-order valence-electron chi connectivity index (χ1n) is 7.49. The Balaban J connectivity index is 1.78. The van der Waals surface area contributed by atoms with Crippen molar-refractivity contribution in [2.24, 2.45) is 0 Å². The highest BCUT2D eigenvalue weighted by molar-refractivity contribution is 6.32. The molecule has 130 valence electrons. The maximum absolute atomic E-state index is 12.8. The van der Waals surface area contributed by atoms with Gasteiger partial charge in [-0.25, -0.2) is 4.79 Å². The van der Waals surface area contributed by atoms with E-state index in [9.17, 15) is 22.8 Å². The van der Waals surface area contributed by atoms with Crippen molar-refractivity contribution in [2.45, 2.75) is 24.4 Å². The minimum absolute atomic E-state index is 0.248. The minimum atomic E-state index is -4.41. The Hall–Kier alpha value is -2.25. The molecule has 0 radical (unpaired) electrons. The minimum Gasteiger partial charge on any atom is -0.492 e. The summed E-state index contributed by atoms with van der Waals surface area (Å²) in [5.74, 6) is -1.36. The molecule has 1 fully saturated rings. The topological polar surface area (TPSA) is 55.8 Å². The Labute approximate surface area is 136 Å². The summed E-state index contributed by atoms with van der Waals surface area (Å²) in [4.78, 5) is 24.5. The van der Waals surface area contributed by atoms with Gasteiger partial charge < -0.3 is 14.4 Å². The number of ether oxygens (including phenoxy) is 2. The average molecular weight is 343 g/mol. The quantitative estimate of drug-likeness (QED) is 0.535. The van der Waals surface area contributed by atoms with Crippen LogP contribution in [0.3, 0.4) is 0 Å². The molecule has 0 aliphatic carbocycles. The van der Waals surface area contributed by atoms with E-state index < -0.39 is 29.0 Å². The fourth-order valence-corrected chi connectivity index (χ4v) is 3.32. The molecule has 2 aliphatic rings. The van der Waals surface area contributed by atoms with Gasteiger partial charge in [0.15, 0.2) is 0 Å². The summed E-state index contributed by atoms with van der Waals surface area (Å²) in [5.41, 5.74) is -0.413. The van der Waals surface area contributed by atoms with Crippen molar-refractivity contribution in [3.05, 3.63) is 29.3 Å². The largest absolute Gasteiger partial charge is 0.492 e. The molecular weight excluding hydrogens is 327 g/mol. The molecule has 3 rings (SSSR count). The van der Waals surface area contributed by atoms with Crippen molar-refractivity contribution in [3.8, 4) is 5.75 Å². The predicted molar refractivity (Wildman–Crippen MR) is 76.4 cm³/mol. The highest BCUT2D eigenvalue weighted by Gasteiger charge is 2.45. The maximum Gasteiger partial charge on any atom is 0.416 e. The van der Waals surface area contributed by atoms with Gasteiger partial charge >= 0.3 is 18.1 Å². The molecule has 0 bridgehead atoms. The highest BCUT2D eigenvalue weighted by atomic mass is 19.4. The molecule has 1 aromatic rings. The summed E-state index contributed by atoms with van der Waals surface area (Å²) in [5, 5.41) is 0. The SMILES string of the molecule is COC(=O)C(=O)N1CCC2(CC1)COc1cc(C(F)(F)F)ccc12. The van der Waals surface area contributed by atoms with Gasteiger partial charge in [-0.2, -0.15) is 13.2 Å². The number of fused-ring (bicyclic) bond motifs is 2. The lowest BCUT2D eigenvalue weighted by Gasteiger charge is -2.38. The third kappa shape index (κ3) is 2.70. The van der Waals surface area contributed by atoms with Crippen LogP contribution in [0.15, 0.2) is 18.2 Å². The van der Waals surface area contributed by atoms with Gasteiger partial charge in [0.05, 0.1) is 19.3 Å². The number of carbonyl (C=O) groups is 2. The molecule has 2 aliphatic heterocycles. The molecule has 1 saturated heterocycles. The Kier molecular flexibility index (Phi) is 3.93. The lowest BCUT2D eigenvalue weighted by Crippen LogP contribution is -2.48. The van der Waals surface area contributed by atoms with Crippen LogP contribution >= 0.6 is 0 Å². The second kappa shape index (κ2) is 5.68. The number of piperidine rings is 1. The van der Waals surface area contributed by atoms with Gasteiger partial charge in [0.1, 0.15) is 5.75 Å². The second-order valence-corrected chi connectivity index (χ2v) is 6.06. The first-order valence-corrected chi connectivity index (χ1v) is 7.49. The van der Waals surface area contributed by atoms with Gasteiger partial charge in [-0.15, -0.1) is 0 Å². The van der Waals surface area contributed by atoms with Crippen LogP contribution in [0, 0.1) is 0 Å². The Morgan fingerprint density at radius 2 is 1.92 bits per heavy atom. The van der Waals surface area contributed by atoms with Gasteiger partial charge in [-0.1, -0.05) is 6.07 Å². The number of likely N-dealkylation sites (tertiary alicyclic amines) is 1. The monoisotopic (exact) mass is 343 g/mol. The van der Waals surface area contributed by atoms with E-state index in [2.05, 4.69) is 4.74 Å². The zero-order valence-corrected chi connectivity index (χ0v) is 13.0. The number of esters is 1. The molecule has 0 saturated carbocycles. The third-order valence-corrected chi connectivity index (χ3v) is 4.75. The zero-order valence-electron chi connectivity index (χ0n) is 13.0. The van der Waals surface area contributed by atoms with Crippen molar-refractivity contribution in [3.63, 3.8) is 0 Å². The Bertz CT molecular complexity index is 678. The lowest BCUT2D eigenvalue weighted by molar-refractivity contribution is -0.159. The molecule has 1 spiro atoms. The molecule has 8 heteroatoms. The summed E-state index contributed by atoms with van der Waals surface area (Å²) < 4.78 is 48.3. The van der Waals surface area contributed by atoms with Crippen LogP contribution in [0.25, 0.3) is 0 Å². The number of hydrogen-bond acceptors (Lipinski definition) is 4. The highest BCUT2D eigenvalue weighted by Crippen LogP contribution is 2.47. The van der Waals surface area contributed by atoms with Crippen LogP contribution in [0.2, 0.25) is 0 Å². The normalized spacial score (nSPS) is 18.9. The van der Waals surface area contributed by atoms with Crippen LogP contribution in [0.5, 0.6) is 5.75 Å². The van der Waals surface area contributed by atoms with Crippen LogP contribution in [0.1, 0.15) is 24.0 Å². The molecule has 0 aromatic heterocycles. The van der Waals surface area contributed by atoms with Gasteiger partial charge in [-0.05, 0) is 25.0 Å². The summed E-state index contributed by atoms with van der Waals surface area (Å²) in [6, 6.07) is 3.54.